The van der Waals surface area contributed by atoms with Gasteiger partial charge in [0.25, 0.3) is 0 Å². The predicted octanol–water partition coefficient (Wildman–Crippen LogP) is 1.78. The van der Waals surface area contributed by atoms with E-state index >= 15 is 0 Å². The Morgan fingerprint density at radius 3 is 2.87 bits per heavy atom. The first kappa shape index (κ1) is 12.5. The van der Waals surface area contributed by atoms with E-state index in [1.54, 1.807) is 0 Å². The first-order valence-electron chi connectivity index (χ1n) is 6.18. The number of piperidine rings is 1. The summed E-state index contributed by atoms with van der Waals surface area (Å²) >= 11 is 0. The molecule has 0 bridgehead atoms. The minimum Gasteiger partial charge on any atom is -0.340 e. The van der Waals surface area contributed by atoms with Crippen LogP contribution in [0.5, 0.6) is 0 Å². The van der Waals surface area contributed by atoms with Crippen LogP contribution in [-0.2, 0) is 4.79 Å². The summed E-state index contributed by atoms with van der Waals surface area (Å²) in [4.78, 5) is 14.0. The predicted molar refractivity (Wildman–Crippen MR) is 62.8 cm³/mol. The van der Waals surface area contributed by atoms with E-state index in [0.29, 0.717) is 24.4 Å². The molecule has 15 heavy (non-hydrogen) atoms. The summed E-state index contributed by atoms with van der Waals surface area (Å²) in [5.41, 5.74) is 0. The van der Waals surface area contributed by atoms with Gasteiger partial charge in [-0.3, -0.25) is 4.79 Å². The van der Waals surface area contributed by atoms with Gasteiger partial charge in [0.2, 0.25) is 5.91 Å². The second-order valence-corrected chi connectivity index (χ2v) is 4.59. The second-order valence-electron chi connectivity index (χ2n) is 4.59. The summed E-state index contributed by atoms with van der Waals surface area (Å²) in [5.74, 6) is 0.315. The third kappa shape index (κ3) is 3.82. The number of rotatable bonds is 4. The van der Waals surface area contributed by atoms with Gasteiger partial charge in [-0.05, 0) is 39.7 Å². The molecule has 0 spiro atoms. The molecule has 0 radical (unpaired) electrons. The highest BCUT2D eigenvalue weighted by molar-refractivity contribution is 5.77. The van der Waals surface area contributed by atoms with E-state index in [-0.39, 0.29) is 0 Å². The van der Waals surface area contributed by atoms with Crippen LogP contribution in [0.3, 0.4) is 0 Å². The van der Waals surface area contributed by atoms with E-state index in [2.05, 4.69) is 31.0 Å². The van der Waals surface area contributed by atoms with Crippen molar-refractivity contribution in [2.45, 2.75) is 58.5 Å². The zero-order chi connectivity index (χ0) is 11.3. The molecule has 2 unspecified atom stereocenters. The number of carbonyl (C=O) groups is 1. The van der Waals surface area contributed by atoms with Crippen LogP contribution >= 0.6 is 0 Å². The van der Waals surface area contributed by atoms with E-state index in [9.17, 15) is 4.79 Å². The van der Waals surface area contributed by atoms with Gasteiger partial charge in [-0.1, -0.05) is 6.92 Å². The molecule has 1 aliphatic rings. The van der Waals surface area contributed by atoms with Crippen LogP contribution < -0.4 is 5.32 Å². The van der Waals surface area contributed by atoms with E-state index in [0.717, 1.165) is 13.1 Å². The van der Waals surface area contributed by atoms with Crippen molar-refractivity contribution in [1.82, 2.24) is 10.2 Å². The lowest BCUT2D eigenvalue weighted by Crippen LogP contribution is -2.44. The second kappa shape index (κ2) is 6.11. The summed E-state index contributed by atoms with van der Waals surface area (Å²) < 4.78 is 0. The molecule has 1 saturated heterocycles. The summed E-state index contributed by atoms with van der Waals surface area (Å²) in [5, 5.41) is 3.28. The van der Waals surface area contributed by atoms with E-state index < -0.39 is 0 Å². The maximum Gasteiger partial charge on any atom is 0.224 e. The molecule has 0 aromatic carbocycles. The van der Waals surface area contributed by atoms with E-state index in [4.69, 9.17) is 0 Å². The Morgan fingerprint density at radius 1 is 1.53 bits per heavy atom. The van der Waals surface area contributed by atoms with Crippen molar-refractivity contribution in [3.63, 3.8) is 0 Å². The fraction of sp³-hybridized carbons (Fsp3) is 0.917. The van der Waals surface area contributed by atoms with Gasteiger partial charge >= 0.3 is 0 Å². The van der Waals surface area contributed by atoms with Crippen LogP contribution in [-0.4, -0.2) is 36.0 Å². The lowest BCUT2D eigenvalue weighted by Gasteiger charge is -2.34. The normalized spacial score (nSPS) is 23.9. The van der Waals surface area contributed by atoms with Gasteiger partial charge in [-0.15, -0.1) is 0 Å². The van der Waals surface area contributed by atoms with Crippen LogP contribution in [0.1, 0.15) is 46.5 Å². The number of carbonyl (C=O) groups excluding carboxylic acids is 1. The summed E-state index contributed by atoms with van der Waals surface area (Å²) in [7, 11) is 0. The number of hydrogen-bond acceptors (Lipinski definition) is 2. The zero-order valence-electron chi connectivity index (χ0n) is 10.3. The Bertz CT molecular complexity index is 206. The molecule has 0 aromatic heterocycles. The lowest BCUT2D eigenvalue weighted by molar-refractivity contribution is -0.134. The maximum atomic E-state index is 12.0. The molecule has 3 heteroatoms. The van der Waals surface area contributed by atoms with E-state index in [1.807, 2.05) is 0 Å². The molecule has 1 fully saturated rings. The summed E-state index contributed by atoms with van der Waals surface area (Å²) in [6.45, 7) is 8.21. The molecule has 0 saturated carbocycles. The molecule has 1 rings (SSSR count). The van der Waals surface area contributed by atoms with Crippen molar-refractivity contribution in [1.29, 1.82) is 0 Å². The maximum absolute atomic E-state index is 12.0. The average molecular weight is 212 g/mol. The van der Waals surface area contributed by atoms with Crippen LogP contribution in [0.15, 0.2) is 0 Å². The number of likely N-dealkylation sites (tertiary alicyclic amines) is 1. The summed E-state index contributed by atoms with van der Waals surface area (Å²) in [6, 6.07) is 0.747. The molecule has 3 nitrogen and oxygen atoms in total. The highest BCUT2D eigenvalue weighted by Crippen LogP contribution is 2.17. The quantitative estimate of drug-likeness (QED) is 0.770. The van der Waals surface area contributed by atoms with Crippen molar-refractivity contribution in [2.75, 3.05) is 13.1 Å². The standard InChI is InChI=1S/C12H24N2O/c1-4-13-10(2)9-12(15)14-8-6-5-7-11(14)3/h10-11,13H,4-9H2,1-3H3. The zero-order valence-corrected chi connectivity index (χ0v) is 10.3. The Kier molecular flexibility index (Phi) is 5.09. The Morgan fingerprint density at radius 2 is 2.27 bits per heavy atom. The van der Waals surface area contributed by atoms with Gasteiger partial charge in [0.15, 0.2) is 0 Å². The van der Waals surface area contributed by atoms with Gasteiger partial charge in [0.1, 0.15) is 0 Å². The van der Waals surface area contributed by atoms with Gasteiger partial charge in [-0.25, -0.2) is 0 Å². The van der Waals surface area contributed by atoms with Crippen LogP contribution in [0.4, 0.5) is 0 Å². The molecule has 1 aliphatic heterocycles. The van der Waals surface area contributed by atoms with E-state index in [1.165, 1.54) is 19.3 Å². The fourth-order valence-electron chi connectivity index (χ4n) is 2.27. The Hall–Kier alpha value is -0.570. The van der Waals surface area contributed by atoms with Gasteiger partial charge < -0.3 is 10.2 Å². The Labute approximate surface area is 93.2 Å². The van der Waals surface area contributed by atoms with Crippen molar-refractivity contribution >= 4 is 5.91 Å². The molecule has 2 atom stereocenters. The van der Waals surface area contributed by atoms with Crippen LogP contribution in [0.2, 0.25) is 0 Å². The molecular formula is C12H24N2O. The molecule has 1 heterocycles. The number of nitrogens with zero attached hydrogens (tertiary/aromatic N) is 1. The van der Waals surface area contributed by atoms with Crippen molar-refractivity contribution in [3.05, 3.63) is 0 Å². The van der Waals surface area contributed by atoms with Gasteiger partial charge in [-0.2, -0.15) is 0 Å². The number of amides is 1. The molecule has 0 aliphatic carbocycles. The number of hydrogen-bond donors (Lipinski definition) is 1. The summed E-state index contributed by atoms with van der Waals surface area (Å²) in [6.07, 6.45) is 4.25. The highest BCUT2D eigenvalue weighted by Gasteiger charge is 2.23. The average Bonchev–Trinajstić information content (AvgIpc) is 2.18. The third-order valence-electron chi connectivity index (χ3n) is 3.16. The Balaban J connectivity index is 2.37. The molecule has 88 valence electrons. The lowest BCUT2D eigenvalue weighted by atomic mass is 10.0. The highest BCUT2D eigenvalue weighted by atomic mass is 16.2. The minimum atomic E-state index is 0.302. The molecule has 1 N–H and O–H groups in total. The largest absolute Gasteiger partial charge is 0.340 e. The first-order valence-corrected chi connectivity index (χ1v) is 6.18. The molecule has 1 amide bonds. The van der Waals surface area contributed by atoms with Gasteiger partial charge in [0.05, 0.1) is 0 Å². The van der Waals surface area contributed by atoms with Gasteiger partial charge in [0, 0.05) is 25.0 Å². The van der Waals surface area contributed by atoms with Crippen molar-refractivity contribution in [2.24, 2.45) is 0 Å². The van der Waals surface area contributed by atoms with Crippen molar-refractivity contribution in [3.8, 4) is 0 Å². The SMILES string of the molecule is CCNC(C)CC(=O)N1CCCCC1C. The fourth-order valence-corrected chi connectivity index (χ4v) is 2.27. The van der Waals surface area contributed by atoms with Crippen LogP contribution in [0.25, 0.3) is 0 Å². The molecular weight excluding hydrogens is 188 g/mol. The van der Waals surface area contributed by atoms with Crippen molar-refractivity contribution < 1.29 is 4.79 Å². The first-order chi connectivity index (χ1) is 7.15. The third-order valence-corrected chi connectivity index (χ3v) is 3.16. The molecule has 0 aromatic rings. The van der Waals surface area contributed by atoms with Crippen LogP contribution in [0, 0.1) is 0 Å². The number of nitrogens with one attached hydrogen (secondary N) is 1. The minimum absolute atomic E-state index is 0.302. The topological polar surface area (TPSA) is 32.3 Å². The monoisotopic (exact) mass is 212 g/mol. The smallest absolute Gasteiger partial charge is 0.224 e.